The van der Waals surface area contributed by atoms with E-state index in [9.17, 15) is 10.1 Å². The second kappa shape index (κ2) is 6.62. The lowest BCUT2D eigenvalue weighted by molar-refractivity contribution is -0.116. The van der Waals surface area contributed by atoms with Crippen LogP contribution in [0.1, 0.15) is 67.4 Å². The first kappa shape index (κ1) is 14.6. The maximum Gasteiger partial charge on any atom is 0.225 e. The molecule has 2 aliphatic carbocycles. The van der Waals surface area contributed by atoms with Crippen LogP contribution in [0.5, 0.6) is 0 Å². The van der Waals surface area contributed by atoms with Crippen LogP contribution in [0, 0.1) is 17.2 Å². The Morgan fingerprint density at radius 2 is 2.00 bits per heavy atom. The van der Waals surface area contributed by atoms with Crippen LogP contribution in [0.2, 0.25) is 0 Å². The molecule has 1 saturated carbocycles. The molecule has 21 heavy (non-hydrogen) atoms. The molecule has 0 radical (unpaired) electrons. The van der Waals surface area contributed by atoms with Crippen LogP contribution in [0.3, 0.4) is 0 Å². The van der Waals surface area contributed by atoms with Gasteiger partial charge in [-0.3, -0.25) is 4.79 Å². The fourth-order valence-corrected chi connectivity index (χ4v) is 4.85. The van der Waals surface area contributed by atoms with Crippen molar-refractivity contribution in [1.29, 1.82) is 5.26 Å². The fraction of sp³-hybridized carbons (Fsp3) is 0.647. The van der Waals surface area contributed by atoms with E-state index in [1.54, 1.807) is 11.3 Å². The van der Waals surface area contributed by atoms with Crippen LogP contribution < -0.4 is 5.32 Å². The first-order chi connectivity index (χ1) is 10.3. The van der Waals surface area contributed by atoms with Crippen LogP contribution in [-0.2, 0) is 17.6 Å². The number of aryl methyl sites for hydroxylation is 1. The van der Waals surface area contributed by atoms with E-state index >= 15 is 0 Å². The minimum atomic E-state index is 0.0806. The standard InChI is InChI=1S/C17H22N2OS/c18-11-14-13-7-3-4-8-15(13)21-17(14)19-16(20)10-9-12-5-1-2-6-12/h12H,1-10H2,(H,19,20). The van der Waals surface area contributed by atoms with E-state index < -0.39 is 0 Å². The van der Waals surface area contributed by atoms with E-state index in [4.69, 9.17) is 0 Å². The van der Waals surface area contributed by atoms with Crippen molar-refractivity contribution in [3.8, 4) is 6.07 Å². The summed E-state index contributed by atoms with van der Waals surface area (Å²) < 4.78 is 0. The maximum absolute atomic E-state index is 12.1. The zero-order valence-corrected chi connectivity index (χ0v) is 13.2. The van der Waals surface area contributed by atoms with E-state index in [-0.39, 0.29) is 5.91 Å². The number of nitrogens with zero attached hydrogens (tertiary/aromatic N) is 1. The molecule has 0 atom stereocenters. The number of amides is 1. The molecule has 0 aromatic carbocycles. The molecule has 1 aromatic heterocycles. The number of carbonyl (C=O) groups excluding carboxylic acids is 1. The monoisotopic (exact) mass is 302 g/mol. The summed E-state index contributed by atoms with van der Waals surface area (Å²) in [5, 5.41) is 13.2. The van der Waals surface area contributed by atoms with E-state index in [0.717, 1.165) is 42.2 Å². The summed E-state index contributed by atoms with van der Waals surface area (Å²) in [7, 11) is 0. The number of anilines is 1. The van der Waals surface area contributed by atoms with Crippen molar-refractivity contribution < 1.29 is 4.79 Å². The predicted molar refractivity (Wildman–Crippen MR) is 85.5 cm³/mol. The van der Waals surface area contributed by atoms with Gasteiger partial charge in [0.05, 0.1) is 5.56 Å². The van der Waals surface area contributed by atoms with Gasteiger partial charge in [0.1, 0.15) is 11.1 Å². The lowest BCUT2D eigenvalue weighted by Gasteiger charge is -2.09. The highest BCUT2D eigenvalue weighted by atomic mass is 32.1. The minimum absolute atomic E-state index is 0.0806. The van der Waals surface area contributed by atoms with Gasteiger partial charge in [-0.25, -0.2) is 0 Å². The zero-order chi connectivity index (χ0) is 14.7. The number of thiophene rings is 1. The predicted octanol–water partition coefficient (Wildman–Crippen LogP) is 4.41. The third-order valence-electron chi connectivity index (χ3n) is 4.79. The second-order valence-corrected chi connectivity index (χ2v) is 7.37. The number of carbonyl (C=O) groups is 1. The fourth-order valence-electron chi connectivity index (χ4n) is 3.60. The summed E-state index contributed by atoms with van der Waals surface area (Å²) in [4.78, 5) is 13.4. The van der Waals surface area contributed by atoms with E-state index in [0.29, 0.717) is 6.42 Å². The molecule has 3 rings (SSSR count). The average Bonchev–Trinajstić information content (AvgIpc) is 3.12. The Hall–Kier alpha value is -1.34. The van der Waals surface area contributed by atoms with Gasteiger partial charge < -0.3 is 5.32 Å². The first-order valence-corrected chi connectivity index (χ1v) is 8.94. The van der Waals surface area contributed by atoms with Gasteiger partial charge >= 0.3 is 0 Å². The molecule has 1 aromatic rings. The Kier molecular flexibility index (Phi) is 4.60. The Labute approximate surface area is 130 Å². The zero-order valence-electron chi connectivity index (χ0n) is 12.4. The molecule has 2 aliphatic rings. The number of hydrogen-bond acceptors (Lipinski definition) is 3. The van der Waals surface area contributed by atoms with Gasteiger partial charge in [0, 0.05) is 11.3 Å². The van der Waals surface area contributed by atoms with Crippen molar-refractivity contribution in [2.24, 2.45) is 5.92 Å². The largest absolute Gasteiger partial charge is 0.317 e. The van der Waals surface area contributed by atoms with Gasteiger partial charge in [0.25, 0.3) is 0 Å². The number of nitriles is 1. The lowest BCUT2D eigenvalue weighted by atomic mass is 9.96. The molecule has 3 nitrogen and oxygen atoms in total. The summed E-state index contributed by atoms with van der Waals surface area (Å²) >= 11 is 1.62. The van der Waals surface area contributed by atoms with Gasteiger partial charge in [-0.15, -0.1) is 11.3 Å². The highest BCUT2D eigenvalue weighted by molar-refractivity contribution is 7.16. The van der Waals surface area contributed by atoms with Crippen LogP contribution in [0.4, 0.5) is 5.00 Å². The smallest absolute Gasteiger partial charge is 0.225 e. The van der Waals surface area contributed by atoms with Crippen molar-refractivity contribution >= 4 is 22.2 Å². The molecular formula is C17H22N2OS. The lowest BCUT2D eigenvalue weighted by Crippen LogP contribution is -2.12. The van der Waals surface area contributed by atoms with Crippen LogP contribution in [0.15, 0.2) is 0 Å². The molecule has 4 heteroatoms. The van der Waals surface area contributed by atoms with Gasteiger partial charge in [0.2, 0.25) is 5.91 Å². The molecule has 112 valence electrons. The summed E-state index contributed by atoms with van der Waals surface area (Å²) in [6.45, 7) is 0. The number of hydrogen-bond donors (Lipinski definition) is 1. The Morgan fingerprint density at radius 3 is 2.76 bits per heavy atom. The molecule has 1 N–H and O–H groups in total. The topological polar surface area (TPSA) is 52.9 Å². The highest BCUT2D eigenvalue weighted by Gasteiger charge is 2.22. The summed E-state index contributed by atoms with van der Waals surface area (Å²) in [5.41, 5.74) is 1.92. The first-order valence-electron chi connectivity index (χ1n) is 8.12. The SMILES string of the molecule is N#Cc1c(NC(=O)CCC2CCCC2)sc2c1CCCC2. The molecule has 1 heterocycles. The number of fused-ring (bicyclic) bond motifs is 1. The number of nitrogens with one attached hydrogen (secondary N) is 1. The van der Waals surface area contributed by atoms with Crippen molar-refractivity contribution in [1.82, 2.24) is 0 Å². The van der Waals surface area contributed by atoms with Gasteiger partial charge in [0.15, 0.2) is 0 Å². The van der Waals surface area contributed by atoms with Gasteiger partial charge in [-0.05, 0) is 43.6 Å². The van der Waals surface area contributed by atoms with Crippen molar-refractivity contribution in [2.75, 3.05) is 5.32 Å². The Bertz CT molecular complexity index is 564. The summed E-state index contributed by atoms with van der Waals surface area (Å²) in [6, 6.07) is 2.30. The van der Waals surface area contributed by atoms with E-state index in [1.165, 1.54) is 42.5 Å². The minimum Gasteiger partial charge on any atom is -0.317 e. The van der Waals surface area contributed by atoms with Crippen LogP contribution in [0.25, 0.3) is 0 Å². The Balaban J connectivity index is 1.62. The van der Waals surface area contributed by atoms with Crippen LogP contribution >= 0.6 is 11.3 Å². The summed E-state index contributed by atoms with van der Waals surface area (Å²) in [5.74, 6) is 0.819. The molecule has 0 aliphatic heterocycles. The normalized spacial score (nSPS) is 18.2. The second-order valence-electron chi connectivity index (χ2n) is 6.26. The van der Waals surface area contributed by atoms with E-state index in [1.807, 2.05) is 0 Å². The molecule has 0 bridgehead atoms. The maximum atomic E-state index is 12.1. The average molecular weight is 302 g/mol. The summed E-state index contributed by atoms with van der Waals surface area (Å²) in [6.07, 6.45) is 11.2. The van der Waals surface area contributed by atoms with E-state index in [2.05, 4.69) is 11.4 Å². The third kappa shape index (κ3) is 3.29. The van der Waals surface area contributed by atoms with Gasteiger partial charge in [-0.2, -0.15) is 5.26 Å². The third-order valence-corrected chi connectivity index (χ3v) is 6.00. The molecule has 1 amide bonds. The Morgan fingerprint density at radius 1 is 1.24 bits per heavy atom. The van der Waals surface area contributed by atoms with Crippen molar-refractivity contribution in [3.63, 3.8) is 0 Å². The molecule has 0 spiro atoms. The van der Waals surface area contributed by atoms with Crippen molar-refractivity contribution in [3.05, 3.63) is 16.0 Å². The number of rotatable bonds is 4. The molecule has 1 fully saturated rings. The van der Waals surface area contributed by atoms with Gasteiger partial charge in [-0.1, -0.05) is 25.7 Å². The molecule has 0 saturated heterocycles. The van der Waals surface area contributed by atoms with Crippen LogP contribution in [-0.4, -0.2) is 5.91 Å². The highest BCUT2D eigenvalue weighted by Crippen LogP contribution is 2.37. The van der Waals surface area contributed by atoms with Crippen molar-refractivity contribution in [2.45, 2.75) is 64.2 Å². The molecular weight excluding hydrogens is 280 g/mol. The molecule has 0 unspecified atom stereocenters. The quantitative estimate of drug-likeness (QED) is 0.895.